The van der Waals surface area contributed by atoms with E-state index in [-0.39, 0.29) is 35.7 Å². The highest BCUT2D eigenvalue weighted by Crippen LogP contribution is 2.28. The number of benzene rings is 1. The second-order valence-electron chi connectivity index (χ2n) is 9.80. The molecule has 202 valence electrons. The van der Waals surface area contributed by atoms with E-state index in [4.69, 9.17) is 0 Å². The minimum Gasteiger partial charge on any atom is -0.353 e. The Morgan fingerprint density at radius 2 is 1.85 bits per heavy atom. The van der Waals surface area contributed by atoms with Crippen LogP contribution in [0.1, 0.15) is 16.8 Å². The van der Waals surface area contributed by atoms with Crippen LogP contribution in [0.4, 0.5) is 11.5 Å². The first kappa shape index (κ1) is 26.5. The number of piperazine rings is 1. The maximum absolute atomic E-state index is 13.6. The number of ketones is 1. The summed E-state index contributed by atoms with van der Waals surface area (Å²) in [7, 11) is 0. The van der Waals surface area contributed by atoms with Gasteiger partial charge >= 0.3 is 0 Å². The average Bonchev–Trinajstić information content (AvgIpc) is 3.26. The second-order valence-corrected chi connectivity index (χ2v) is 10.7. The Morgan fingerprint density at radius 1 is 1.10 bits per heavy atom. The van der Waals surface area contributed by atoms with Gasteiger partial charge in [-0.25, -0.2) is 4.98 Å². The lowest BCUT2D eigenvalue weighted by molar-refractivity contribution is -0.385. The largest absolute Gasteiger partial charge is 0.353 e. The van der Waals surface area contributed by atoms with Crippen molar-refractivity contribution in [3.63, 3.8) is 0 Å². The molecular weight excluding hydrogens is 568 g/mol. The molecule has 39 heavy (non-hydrogen) atoms. The molecule has 3 aromatic rings. The maximum Gasteiger partial charge on any atom is 0.287 e. The van der Waals surface area contributed by atoms with Crippen LogP contribution in [0.25, 0.3) is 10.9 Å². The second kappa shape index (κ2) is 11.0. The van der Waals surface area contributed by atoms with Crippen molar-refractivity contribution >= 4 is 55.9 Å². The van der Waals surface area contributed by atoms with E-state index in [1.807, 2.05) is 27.7 Å². The van der Waals surface area contributed by atoms with Crippen LogP contribution in [-0.4, -0.2) is 81.1 Å². The quantitative estimate of drug-likeness (QED) is 0.223. The zero-order chi connectivity index (χ0) is 27.7. The Kier molecular flexibility index (Phi) is 7.47. The molecular formula is C27H27BrN6O5. The molecule has 2 aromatic heterocycles. The van der Waals surface area contributed by atoms with E-state index < -0.39 is 4.92 Å². The topological polar surface area (TPSA) is 122 Å². The van der Waals surface area contributed by atoms with Gasteiger partial charge in [-0.05, 0) is 30.3 Å². The first-order valence-electron chi connectivity index (χ1n) is 12.6. The van der Waals surface area contributed by atoms with Gasteiger partial charge in [0.1, 0.15) is 12.0 Å². The minimum atomic E-state index is -0.483. The molecule has 2 aliphatic rings. The van der Waals surface area contributed by atoms with Crippen molar-refractivity contribution in [1.29, 1.82) is 0 Å². The third-order valence-corrected chi connectivity index (χ3v) is 7.71. The van der Waals surface area contributed by atoms with Gasteiger partial charge in [0.25, 0.3) is 11.6 Å². The summed E-state index contributed by atoms with van der Waals surface area (Å²) in [4.78, 5) is 58.2. The van der Waals surface area contributed by atoms with Gasteiger partial charge in [0.15, 0.2) is 5.78 Å². The van der Waals surface area contributed by atoms with Crippen molar-refractivity contribution in [2.45, 2.75) is 13.0 Å². The molecule has 2 fully saturated rings. The molecule has 0 unspecified atom stereocenters. The summed E-state index contributed by atoms with van der Waals surface area (Å²) in [5.74, 6) is 0.593. The van der Waals surface area contributed by atoms with Crippen LogP contribution in [-0.2, 0) is 16.1 Å². The highest BCUT2D eigenvalue weighted by atomic mass is 79.9. The van der Waals surface area contributed by atoms with Crippen LogP contribution in [0.5, 0.6) is 0 Å². The van der Waals surface area contributed by atoms with Gasteiger partial charge in [-0.15, -0.1) is 0 Å². The summed E-state index contributed by atoms with van der Waals surface area (Å²) < 4.78 is 2.67. The summed E-state index contributed by atoms with van der Waals surface area (Å²) in [6, 6.07) is 8.73. The highest BCUT2D eigenvalue weighted by molar-refractivity contribution is 9.10. The molecule has 0 N–H and O–H groups in total. The van der Waals surface area contributed by atoms with Crippen molar-refractivity contribution in [2.24, 2.45) is 5.92 Å². The number of likely N-dealkylation sites (tertiary alicyclic amines) is 1. The molecule has 5 rings (SSSR count). The lowest BCUT2D eigenvalue weighted by Gasteiger charge is -2.38. The highest BCUT2D eigenvalue weighted by Gasteiger charge is 2.31. The van der Waals surface area contributed by atoms with Crippen LogP contribution in [0.3, 0.4) is 0 Å². The van der Waals surface area contributed by atoms with E-state index in [1.54, 1.807) is 22.1 Å². The number of pyridine rings is 1. The monoisotopic (exact) mass is 594 g/mol. The number of nitro groups is 1. The van der Waals surface area contributed by atoms with Gasteiger partial charge in [0.2, 0.25) is 5.91 Å². The van der Waals surface area contributed by atoms with Gasteiger partial charge in [0.05, 0.1) is 17.0 Å². The molecule has 0 radical (unpaired) electrons. The maximum atomic E-state index is 13.6. The first-order valence-corrected chi connectivity index (χ1v) is 13.4. The lowest BCUT2D eigenvalue weighted by atomic mass is 9.94. The van der Waals surface area contributed by atoms with Crippen molar-refractivity contribution < 1.29 is 19.3 Å². The summed E-state index contributed by atoms with van der Waals surface area (Å²) in [6.07, 6.45) is 4.66. The minimum absolute atomic E-state index is 0.0498. The molecule has 1 aromatic carbocycles. The lowest BCUT2D eigenvalue weighted by Crippen LogP contribution is -2.50. The number of nitrogens with zero attached hydrogens (tertiary/aromatic N) is 6. The Balaban J connectivity index is 1.26. The molecule has 0 spiro atoms. The predicted molar refractivity (Wildman–Crippen MR) is 149 cm³/mol. The van der Waals surface area contributed by atoms with Crippen LogP contribution in [0.15, 0.2) is 59.9 Å². The molecule has 2 aliphatic heterocycles. The zero-order valence-corrected chi connectivity index (χ0v) is 22.7. The molecule has 0 bridgehead atoms. The number of amides is 2. The molecule has 2 saturated heterocycles. The fourth-order valence-electron chi connectivity index (χ4n) is 5.14. The molecule has 2 amide bonds. The van der Waals surface area contributed by atoms with E-state index >= 15 is 0 Å². The van der Waals surface area contributed by atoms with E-state index in [2.05, 4.69) is 27.5 Å². The molecule has 11 nitrogen and oxygen atoms in total. The smallest absolute Gasteiger partial charge is 0.287 e. The number of hydrogen-bond acceptors (Lipinski definition) is 7. The molecule has 0 atom stereocenters. The number of carbonyl (C=O) groups excluding carboxylic acids is 3. The van der Waals surface area contributed by atoms with E-state index in [9.17, 15) is 24.5 Å². The molecule has 12 heteroatoms. The van der Waals surface area contributed by atoms with Crippen molar-refractivity contribution in [1.82, 2.24) is 19.4 Å². The van der Waals surface area contributed by atoms with Crippen LogP contribution < -0.4 is 4.90 Å². The molecule has 0 saturated carbocycles. The Labute approximate surface area is 233 Å². The molecule has 4 heterocycles. The summed E-state index contributed by atoms with van der Waals surface area (Å²) in [5.41, 5.74) is 1.28. The standard InChI is InChI=1S/C27H27BrN6O5/c1-2-26(36)33-14-18(15-33)11-21(35)16-32-17-23(22-12-19(28)3-5-24(22)32)27(37)31-9-7-30(8-10-31)25-6-4-20(13-29-25)34(38)39/h2-6,12-13,17-18H,1,7-11,14-16H2. The Morgan fingerprint density at radius 3 is 2.49 bits per heavy atom. The number of anilines is 1. The number of halogens is 1. The molecule has 0 aliphatic carbocycles. The fourth-order valence-corrected chi connectivity index (χ4v) is 5.50. The zero-order valence-electron chi connectivity index (χ0n) is 21.2. The van der Waals surface area contributed by atoms with E-state index in [1.165, 1.54) is 18.3 Å². The number of Topliss-reactive ketones (excluding diaryl/α,β-unsaturated/α-hetero) is 1. The fraction of sp³-hybridized carbons (Fsp3) is 0.333. The van der Waals surface area contributed by atoms with Crippen LogP contribution >= 0.6 is 15.9 Å². The third kappa shape index (κ3) is 5.56. The number of carbonyl (C=O) groups is 3. The number of hydrogen-bond donors (Lipinski definition) is 0. The SMILES string of the molecule is C=CC(=O)N1CC(CC(=O)Cn2cc(C(=O)N3CCN(c4ccc([N+](=O)[O-])cn4)CC3)c3cc(Br)ccc32)C1. The summed E-state index contributed by atoms with van der Waals surface area (Å²) in [5, 5.41) is 11.7. The summed E-state index contributed by atoms with van der Waals surface area (Å²) >= 11 is 3.50. The van der Waals surface area contributed by atoms with Crippen molar-refractivity contribution in [3.05, 3.63) is 75.5 Å². The number of rotatable bonds is 8. The average molecular weight is 595 g/mol. The van der Waals surface area contributed by atoms with Crippen molar-refractivity contribution in [3.8, 4) is 0 Å². The Hall–Kier alpha value is -4.06. The number of aromatic nitrogens is 2. The number of fused-ring (bicyclic) bond motifs is 1. The van der Waals surface area contributed by atoms with Gasteiger partial charge in [-0.3, -0.25) is 24.5 Å². The third-order valence-electron chi connectivity index (χ3n) is 7.21. The first-order chi connectivity index (χ1) is 18.7. The van der Waals surface area contributed by atoms with Crippen LogP contribution in [0, 0.1) is 16.0 Å². The van der Waals surface area contributed by atoms with Gasteiger partial charge in [0, 0.05) is 79.2 Å². The normalized spacial score (nSPS) is 15.8. The van der Waals surface area contributed by atoms with Crippen molar-refractivity contribution in [2.75, 3.05) is 44.2 Å². The van der Waals surface area contributed by atoms with Gasteiger partial charge in [-0.1, -0.05) is 22.5 Å². The van der Waals surface area contributed by atoms with Gasteiger partial charge in [-0.2, -0.15) is 0 Å². The predicted octanol–water partition coefficient (Wildman–Crippen LogP) is 3.27. The summed E-state index contributed by atoms with van der Waals surface area (Å²) in [6.45, 7) is 6.79. The van der Waals surface area contributed by atoms with E-state index in [0.29, 0.717) is 57.1 Å². The van der Waals surface area contributed by atoms with E-state index in [0.717, 1.165) is 15.4 Å². The van der Waals surface area contributed by atoms with Gasteiger partial charge < -0.3 is 19.3 Å². The Bertz CT molecular complexity index is 1460. The van der Waals surface area contributed by atoms with Crippen LogP contribution in [0.2, 0.25) is 0 Å².